The van der Waals surface area contributed by atoms with Crippen molar-refractivity contribution in [3.05, 3.63) is 82.5 Å². The Morgan fingerprint density at radius 3 is 2.50 bits per heavy atom. The number of rotatable bonds is 7. The Morgan fingerprint density at radius 1 is 1.03 bits per heavy atom. The summed E-state index contributed by atoms with van der Waals surface area (Å²) in [5.41, 5.74) is 1.73. The maximum absolute atomic E-state index is 13.0. The van der Waals surface area contributed by atoms with Crippen LogP contribution in [-0.2, 0) is 6.54 Å². The van der Waals surface area contributed by atoms with Gasteiger partial charge in [0.15, 0.2) is 18.1 Å². The first-order valence-corrected chi connectivity index (χ1v) is 10.2. The molecule has 0 spiro atoms. The van der Waals surface area contributed by atoms with Gasteiger partial charge in [-0.25, -0.2) is 4.68 Å². The average Bonchev–Trinajstić information content (AvgIpc) is 3.30. The fourth-order valence-corrected chi connectivity index (χ4v) is 3.35. The zero-order chi connectivity index (χ0) is 24.3. The molecular weight excluding hydrogens is 451 g/mol. The van der Waals surface area contributed by atoms with Crippen molar-refractivity contribution in [2.75, 3.05) is 13.7 Å². The lowest BCUT2D eigenvalue weighted by atomic mass is 10.2. The molecule has 0 aliphatic rings. The lowest BCUT2D eigenvalue weighted by Crippen LogP contribution is -2.21. The van der Waals surface area contributed by atoms with Gasteiger partial charge in [-0.15, -0.1) is 0 Å². The molecular formula is C23H20F3N5O3. The zero-order valence-corrected chi connectivity index (χ0v) is 18.3. The van der Waals surface area contributed by atoms with Crippen molar-refractivity contribution < 1.29 is 22.6 Å². The molecule has 8 nitrogen and oxygen atoms in total. The molecule has 1 aromatic carbocycles. The lowest BCUT2D eigenvalue weighted by Gasteiger charge is -2.15. The van der Waals surface area contributed by atoms with Gasteiger partial charge in [0, 0.05) is 11.8 Å². The molecule has 34 heavy (non-hydrogen) atoms. The van der Waals surface area contributed by atoms with Crippen LogP contribution in [0.4, 0.5) is 13.2 Å². The Labute approximate surface area is 192 Å². The van der Waals surface area contributed by atoms with Gasteiger partial charge in [-0.1, -0.05) is 18.2 Å². The topological polar surface area (TPSA) is 84.1 Å². The van der Waals surface area contributed by atoms with Crippen molar-refractivity contribution in [1.82, 2.24) is 24.5 Å². The van der Waals surface area contributed by atoms with Crippen LogP contribution in [-0.4, -0.2) is 44.4 Å². The van der Waals surface area contributed by atoms with Crippen LogP contribution >= 0.6 is 0 Å². The standard InChI is InChI=1S/C23H20F3N5O3/c1-15-17(27-10-9-19(15)34-14-23(24,25)26)12-30-13-20(33-2)22(32)21(29-30)18-8-11-28-31(18)16-6-4-3-5-7-16/h3-11,13H,12,14H2,1-2H3. The van der Waals surface area contributed by atoms with Crippen molar-refractivity contribution in [2.45, 2.75) is 19.6 Å². The number of hydrogen-bond donors (Lipinski definition) is 0. The molecule has 0 amide bonds. The van der Waals surface area contributed by atoms with E-state index in [9.17, 15) is 18.0 Å². The molecule has 3 heterocycles. The summed E-state index contributed by atoms with van der Waals surface area (Å²) in [7, 11) is 1.37. The van der Waals surface area contributed by atoms with Crippen LogP contribution < -0.4 is 14.9 Å². The number of methoxy groups -OCH3 is 1. The quantitative estimate of drug-likeness (QED) is 0.408. The van der Waals surface area contributed by atoms with Gasteiger partial charge in [-0.05, 0) is 31.2 Å². The van der Waals surface area contributed by atoms with Gasteiger partial charge in [-0.3, -0.25) is 14.5 Å². The van der Waals surface area contributed by atoms with Gasteiger partial charge in [0.2, 0.25) is 0 Å². The Kier molecular flexibility index (Phi) is 6.35. The van der Waals surface area contributed by atoms with E-state index in [1.165, 1.54) is 30.3 Å². The van der Waals surface area contributed by atoms with Crippen molar-refractivity contribution in [1.29, 1.82) is 0 Å². The van der Waals surface area contributed by atoms with E-state index in [1.54, 1.807) is 23.9 Å². The second kappa shape index (κ2) is 9.38. The van der Waals surface area contributed by atoms with E-state index < -0.39 is 18.2 Å². The summed E-state index contributed by atoms with van der Waals surface area (Å²) in [5.74, 6) is 0.116. The molecule has 4 rings (SSSR count). The van der Waals surface area contributed by atoms with E-state index in [0.717, 1.165) is 5.69 Å². The first-order valence-electron chi connectivity index (χ1n) is 10.2. The van der Waals surface area contributed by atoms with E-state index in [0.29, 0.717) is 17.0 Å². The van der Waals surface area contributed by atoms with Crippen LogP contribution in [0.2, 0.25) is 0 Å². The summed E-state index contributed by atoms with van der Waals surface area (Å²) < 4.78 is 50.9. The van der Waals surface area contributed by atoms with Crippen molar-refractivity contribution >= 4 is 0 Å². The molecule has 176 valence electrons. The Balaban J connectivity index is 1.72. The third kappa shape index (κ3) is 4.92. The number of para-hydroxylation sites is 1. The van der Waals surface area contributed by atoms with E-state index in [4.69, 9.17) is 9.47 Å². The minimum atomic E-state index is -4.46. The number of aromatic nitrogens is 5. The number of nitrogens with zero attached hydrogens (tertiary/aromatic N) is 5. The Morgan fingerprint density at radius 2 is 1.79 bits per heavy atom. The smallest absolute Gasteiger partial charge is 0.422 e. The van der Waals surface area contributed by atoms with Crippen LogP contribution in [0.5, 0.6) is 11.5 Å². The van der Waals surface area contributed by atoms with Crippen molar-refractivity contribution in [3.63, 3.8) is 0 Å². The molecule has 0 unspecified atom stereocenters. The van der Waals surface area contributed by atoms with Crippen LogP contribution in [0, 0.1) is 6.92 Å². The molecule has 0 N–H and O–H groups in total. The van der Waals surface area contributed by atoms with Gasteiger partial charge in [-0.2, -0.15) is 23.4 Å². The second-order valence-corrected chi connectivity index (χ2v) is 7.32. The van der Waals surface area contributed by atoms with Crippen LogP contribution in [0.1, 0.15) is 11.3 Å². The van der Waals surface area contributed by atoms with Gasteiger partial charge >= 0.3 is 6.18 Å². The summed E-state index contributed by atoms with van der Waals surface area (Å²) in [4.78, 5) is 17.3. The van der Waals surface area contributed by atoms with Crippen molar-refractivity contribution in [3.8, 4) is 28.6 Å². The summed E-state index contributed by atoms with van der Waals surface area (Å²) in [6.07, 6.45) is -0.126. The molecule has 0 aliphatic carbocycles. The first kappa shape index (κ1) is 23.0. The van der Waals surface area contributed by atoms with Gasteiger partial charge in [0.05, 0.1) is 43.1 Å². The van der Waals surface area contributed by atoms with Crippen molar-refractivity contribution in [2.24, 2.45) is 0 Å². The zero-order valence-electron chi connectivity index (χ0n) is 18.3. The minimum Gasteiger partial charge on any atom is -0.491 e. The Bertz CT molecular complexity index is 1350. The molecule has 0 saturated carbocycles. The van der Waals surface area contributed by atoms with Gasteiger partial charge in [0.1, 0.15) is 5.75 Å². The van der Waals surface area contributed by atoms with E-state index in [-0.39, 0.29) is 23.7 Å². The molecule has 11 heteroatoms. The molecule has 0 fully saturated rings. The second-order valence-electron chi connectivity index (χ2n) is 7.32. The normalized spacial score (nSPS) is 11.4. The minimum absolute atomic E-state index is 0.0490. The van der Waals surface area contributed by atoms with Gasteiger partial charge in [0.25, 0.3) is 5.43 Å². The highest BCUT2D eigenvalue weighted by Gasteiger charge is 2.29. The average molecular weight is 471 g/mol. The maximum atomic E-state index is 13.0. The fourth-order valence-electron chi connectivity index (χ4n) is 3.35. The highest BCUT2D eigenvalue weighted by atomic mass is 19.4. The molecule has 0 bridgehead atoms. The molecule has 0 radical (unpaired) electrons. The van der Waals surface area contributed by atoms with E-state index >= 15 is 0 Å². The molecule has 0 atom stereocenters. The van der Waals surface area contributed by atoms with Gasteiger partial charge < -0.3 is 9.47 Å². The molecule has 4 aromatic rings. The predicted octanol–water partition coefficient (Wildman–Crippen LogP) is 3.80. The maximum Gasteiger partial charge on any atom is 0.422 e. The third-order valence-corrected chi connectivity index (χ3v) is 5.00. The molecule has 0 aliphatic heterocycles. The fraction of sp³-hybridized carbons (Fsp3) is 0.217. The SMILES string of the molecule is COc1cn(Cc2nccc(OCC(F)(F)F)c2C)nc(-c2ccnn2-c2ccccc2)c1=O. The number of hydrogen-bond acceptors (Lipinski definition) is 6. The predicted molar refractivity (Wildman–Crippen MR) is 117 cm³/mol. The summed E-state index contributed by atoms with van der Waals surface area (Å²) in [6, 6.07) is 12.3. The Hall–Kier alpha value is -4.15. The first-order chi connectivity index (χ1) is 16.3. The van der Waals surface area contributed by atoms with E-state index in [2.05, 4.69) is 15.2 Å². The van der Waals surface area contributed by atoms with Crippen LogP contribution in [0.25, 0.3) is 17.1 Å². The van der Waals surface area contributed by atoms with Crippen LogP contribution in [0.15, 0.2) is 65.8 Å². The highest BCUT2D eigenvalue weighted by Crippen LogP contribution is 2.24. The van der Waals surface area contributed by atoms with E-state index in [1.807, 2.05) is 30.3 Å². The summed E-state index contributed by atoms with van der Waals surface area (Å²) >= 11 is 0. The molecule has 3 aromatic heterocycles. The number of benzene rings is 1. The monoisotopic (exact) mass is 471 g/mol. The largest absolute Gasteiger partial charge is 0.491 e. The number of ether oxygens (including phenoxy) is 2. The number of halogens is 3. The molecule has 0 saturated heterocycles. The highest BCUT2D eigenvalue weighted by molar-refractivity contribution is 5.58. The third-order valence-electron chi connectivity index (χ3n) is 5.00. The number of pyridine rings is 1. The lowest BCUT2D eigenvalue weighted by molar-refractivity contribution is -0.153. The summed E-state index contributed by atoms with van der Waals surface area (Å²) in [6.45, 7) is 0.270. The summed E-state index contributed by atoms with van der Waals surface area (Å²) in [5, 5.41) is 8.77. The number of alkyl halides is 3. The van der Waals surface area contributed by atoms with Crippen LogP contribution in [0.3, 0.4) is 0 Å².